The standard InChI is InChI=1S/C10H13BrFNO/c1-6-3-7(9(14)5-13-2)10(11)8(12)4-6/h3-4,9,13-14H,5H2,1-2H3. The minimum absolute atomic E-state index is 0.338. The Hall–Kier alpha value is -0.450. The normalized spacial score (nSPS) is 12.9. The Kier molecular flexibility index (Phi) is 4.04. The van der Waals surface area contributed by atoms with Gasteiger partial charge in [-0.1, -0.05) is 6.07 Å². The first kappa shape index (κ1) is 11.6. The molecule has 0 aliphatic rings. The van der Waals surface area contributed by atoms with Gasteiger partial charge in [0.2, 0.25) is 0 Å². The second kappa shape index (κ2) is 4.87. The van der Waals surface area contributed by atoms with Crippen LogP contribution in [0.4, 0.5) is 4.39 Å². The summed E-state index contributed by atoms with van der Waals surface area (Å²) >= 11 is 3.12. The summed E-state index contributed by atoms with van der Waals surface area (Å²) in [5.74, 6) is -0.338. The van der Waals surface area contributed by atoms with Gasteiger partial charge in [0.05, 0.1) is 10.6 Å². The Morgan fingerprint density at radius 2 is 2.21 bits per heavy atom. The molecule has 0 heterocycles. The minimum Gasteiger partial charge on any atom is -0.387 e. The molecule has 1 atom stereocenters. The van der Waals surface area contributed by atoms with E-state index in [-0.39, 0.29) is 5.82 Å². The third kappa shape index (κ3) is 2.53. The van der Waals surface area contributed by atoms with Crippen LogP contribution in [0.5, 0.6) is 0 Å². The molecule has 0 bridgehead atoms. The number of aryl methyl sites for hydroxylation is 1. The van der Waals surface area contributed by atoms with E-state index in [0.29, 0.717) is 16.6 Å². The van der Waals surface area contributed by atoms with Crippen molar-refractivity contribution in [3.05, 3.63) is 33.5 Å². The highest BCUT2D eigenvalue weighted by Gasteiger charge is 2.14. The maximum absolute atomic E-state index is 13.3. The maximum Gasteiger partial charge on any atom is 0.138 e. The van der Waals surface area contributed by atoms with Crippen molar-refractivity contribution in [3.63, 3.8) is 0 Å². The Bertz CT molecular complexity index is 330. The van der Waals surface area contributed by atoms with Gasteiger partial charge in [0, 0.05) is 6.54 Å². The molecule has 0 aliphatic carbocycles. The summed E-state index contributed by atoms with van der Waals surface area (Å²) in [7, 11) is 1.74. The van der Waals surface area contributed by atoms with E-state index >= 15 is 0 Å². The SMILES string of the molecule is CNCC(O)c1cc(C)cc(F)c1Br. The van der Waals surface area contributed by atoms with Crippen LogP contribution in [-0.2, 0) is 0 Å². The zero-order valence-corrected chi connectivity index (χ0v) is 9.73. The molecule has 0 saturated carbocycles. The van der Waals surface area contributed by atoms with Crippen molar-refractivity contribution in [2.45, 2.75) is 13.0 Å². The second-order valence-electron chi connectivity index (χ2n) is 3.22. The van der Waals surface area contributed by atoms with Crippen LogP contribution >= 0.6 is 15.9 Å². The Morgan fingerprint density at radius 1 is 1.57 bits per heavy atom. The van der Waals surface area contributed by atoms with Crippen LogP contribution in [0.2, 0.25) is 0 Å². The van der Waals surface area contributed by atoms with Crippen LogP contribution in [0, 0.1) is 12.7 Å². The van der Waals surface area contributed by atoms with Gasteiger partial charge >= 0.3 is 0 Å². The lowest BCUT2D eigenvalue weighted by Crippen LogP contribution is -2.17. The van der Waals surface area contributed by atoms with E-state index in [4.69, 9.17) is 0 Å². The Balaban J connectivity index is 3.07. The number of hydrogen-bond acceptors (Lipinski definition) is 2. The number of halogens is 2. The van der Waals surface area contributed by atoms with Crippen LogP contribution in [0.3, 0.4) is 0 Å². The highest BCUT2D eigenvalue weighted by atomic mass is 79.9. The molecule has 1 aromatic carbocycles. The zero-order valence-electron chi connectivity index (χ0n) is 8.14. The van der Waals surface area contributed by atoms with Gasteiger partial charge in [0.25, 0.3) is 0 Å². The quantitative estimate of drug-likeness (QED) is 0.874. The molecular weight excluding hydrogens is 249 g/mol. The number of aliphatic hydroxyl groups is 1. The largest absolute Gasteiger partial charge is 0.387 e. The number of nitrogens with one attached hydrogen (secondary N) is 1. The van der Waals surface area contributed by atoms with E-state index < -0.39 is 6.10 Å². The van der Waals surface area contributed by atoms with E-state index in [0.717, 1.165) is 5.56 Å². The van der Waals surface area contributed by atoms with Gasteiger partial charge in [-0.3, -0.25) is 0 Å². The van der Waals surface area contributed by atoms with Gasteiger partial charge in [-0.15, -0.1) is 0 Å². The lowest BCUT2D eigenvalue weighted by atomic mass is 10.1. The monoisotopic (exact) mass is 261 g/mol. The first-order valence-electron chi connectivity index (χ1n) is 4.34. The summed E-state index contributed by atoms with van der Waals surface area (Å²) in [5, 5.41) is 12.5. The van der Waals surface area contributed by atoms with Crippen LogP contribution in [0.15, 0.2) is 16.6 Å². The number of benzene rings is 1. The Morgan fingerprint density at radius 3 is 2.79 bits per heavy atom. The molecule has 0 amide bonds. The first-order chi connectivity index (χ1) is 6.56. The van der Waals surface area contributed by atoms with Gasteiger partial charge in [0.15, 0.2) is 0 Å². The van der Waals surface area contributed by atoms with Crippen molar-refractivity contribution < 1.29 is 9.50 Å². The number of rotatable bonds is 3. The van der Waals surface area contributed by atoms with E-state index in [2.05, 4.69) is 21.2 Å². The van der Waals surface area contributed by atoms with Crippen LogP contribution in [0.1, 0.15) is 17.2 Å². The molecule has 0 radical (unpaired) electrons. The molecule has 0 saturated heterocycles. The fourth-order valence-electron chi connectivity index (χ4n) is 1.30. The number of likely N-dealkylation sites (N-methyl/N-ethyl adjacent to an activating group) is 1. The average molecular weight is 262 g/mol. The van der Waals surface area contributed by atoms with Gasteiger partial charge in [-0.25, -0.2) is 4.39 Å². The molecular formula is C10H13BrFNO. The highest BCUT2D eigenvalue weighted by molar-refractivity contribution is 9.10. The average Bonchev–Trinajstić information content (AvgIpc) is 2.11. The van der Waals surface area contributed by atoms with Gasteiger partial charge in [0.1, 0.15) is 5.82 Å². The molecule has 14 heavy (non-hydrogen) atoms. The van der Waals surface area contributed by atoms with Crippen LogP contribution in [0.25, 0.3) is 0 Å². The van der Waals surface area contributed by atoms with Gasteiger partial charge < -0.3 is 10.4 Å². The number of aliphatic hydroxyl groups excluding tert-OH is 1. The van der Waals surface area contributed by atoms with E-state index in [1.807, 2.05) is 0 Å². The van der Waals surface area contributed by atoms with Crippen molar-refractivity contribution in [3.8, 4) is 0 Å². The molecule has 0 aliphatic heterocycles. The summed E-state index contributed by atoms with van der Waals surface area (Å²) < 4.78 is 13.6. The van der Waals surface area contributed by atoms with Gasteiger partial charge in [-0.2, -0.15) is 0 Å². The topological polar surface area (TPSA) is 32.3 Å². The highest BCUT2D eigenvalue weighted by Crippen LogP contribution is 2.27. The molecule has 0 spiro atoms. The fraction of sp³-hybridized carbons (Fsp3) is 0.400. The first-order valence-corrected chi connectivity index (χ1v) is 5.13. The molecule has 1 rings (SSSR count). The molecule has 0 aromatic heterocycles. The number of hydrogen-bond donors (Lipinski definition) is 2. The van der Waals surface area contributed by atoms with Crippen molar-refractivity contribution >= 4 is 15.9 Å². The predicted molar refractivity (Wildman–Crippen MR) is 57.7 cm³/mol. The molecule has 78 valence electrons. The summed E-state index contributed by atoms with van der Waals surface area (Å²) in [6.07, 6.45) is -0.691. The lowest BCUT2D eigenvalue weighted by molar-refractivity contribution is 0.176. The lowest BCUT2D eigenvalue weighted by Gasteiger charge is -2.13. The second-order valence-corrected chi connectivity index (χ2v) is 4.02. The minimum atomic E-state index is -0.691. The van der Waals surface area contributed by atoms with E-state index in [1.54, 1.807) is 20.0 Å². The predicted octanol–water partition coefficient (Wildman–Crippen LogP) is 2.15. The van der Waals surface area contributed by atoms with Gasteiger partial charge in [-0.05, 0) is 47.1 Å². The van der Waals surface area contributed by atoms with E-state index in [1.165, 1.54) is 6.07 Å². The van der Waals surface area contributed by atoms with Crippen molar-refractivity contribution in [1.82, 2.24) is 5.32 Å². The third-order valence-electron chi connectivity index (χ3n) is 1.96. The summed E-state index contributed by atoms with van der Waals surface area (Å²) in [4.78, 5) is 0. The Labute approximate surface area is 91.3 Å². The third-order valence-corrected chi connectivity index (χ3v) is 2.79. The molecule has 2 nitrogen and oxygen atoms in total. The van der Waals surface area contributed by atoms with Crippen LogP contribution in [-0.4, -0.2) is 18.7 Å². The van der Waals surface area contributed by atoms with Crippen molar-refractivity contribution in [2.24, 2.45) is 0 Å². The summed E-state index contributed by atoms with van der Waals surface area (Å²) in [5.41, 5.74) is 1.38. The van der Waals surface area contributed by atoms with Crippen molar-refractivity contribution in [1.29, 1.82) is 0 Å². The molecule has 0 fully saturated rings. The molecule has 4 heteroatoms. The van der Waals surface area contributed by atoms with Crippen LogP contribution < -0.4 is 5.32 Å². The maximum atomic E-state index is 13.3. The molecule has 1 unspecified atom stereocenters. The summed E-state index contributed by atoms with van der Waals surface area (Å²) in [6.45, 7) is 2.20. The van der Waals surface area contributed by atoms with Crippen molar-refractivity contribution in [2.75, 3.05) is 13.6 Å². The smallest absolute Gasteiger partial charge is 0.138 e. The fourth-order valence-corrected chi connectivity index (χ4v) is 1.79. The van der Waals surface area contributed by atoms with E-state index in [9.17, 15) is 9.50 Å². The zero-order chi connectivity index (χ0) is 10.7. The molecule has 1 aromatic rings. The summed E-state index contributed by atoms with van der Waals surface area (Å²) in [6, 6.07) is 3.20. The molecule has 2 N–H and O–H groups in total.